The molecular formula is C13H17N3O3. The Morgan fingerprint density at radius 3 is 2.68 bits per heavy atom. The highest BCUT2D eigenvalue weighted by Gasteiger charge is 2.25. The van der Waals surface area contributed by atoms with Crippen LogP contribution < -0.4 is 10.2 Å². The maximum Gasteiger partial charge on any atom is 0.269 e. The minimum Gasteiger partial charge on any atom is -0.371 e. The van der Waals surface area contributed by atoms with Crippen LogP contribution in [0.15, 0.2) is 24.3 Å². The van der Waals surface area contributed by atoms with Crippen LogP contribution in [0.3, 0.4) is 0 Å². The molecule has 1 saturated heterocycles. The van der Waals surface area contributed by atoms with Crippen molar-refractivity contribution in [3.8, 4) is 0 Å². The quantitative estimate of drug-likeness (QED) is 0.663. The number of hydrogen-bond acceptors (Lipinski definition) is 4. The van der Waals surface area contributed by atoms with Gasteiger partial charge in [-0.05, 0) is 25.0 Å². The smallest absolute Gasteiger partial charge is 0.269 e. The third-order valence-electron chi connectivity index (χ3n) is 3.46. The van der Waals surface area contributed by atoms with E-state index in [9.17, 15) is 14.9 Å². The van der Waals surface area contributed by atoms with E-state index >= 15 is 0 Å². The SMILES string of the molecule is CNC(=O)[C@@H]1CCCN(c2ccc([N+](=O)[O-])cc2)C1. The molecule has 1 aromatic rings. The summed E-state index contributed by atoms with van der Waals surface area (Å²) in [6.07, 6.45) is 1.85. The minimum absolute atomic E-state index is 0.00561. The van der Waals surface area contributed by atoms with Gasteiger partial charge in [0.15, 0.2) is 0 Å². The first-order chi connectivity index (χ1) is 9.11. The van der Waals surface area contributed by atoms with Crippen molar-refractivity contribution in [3.05, 3.63) is 34.4 Å². The summed E-state index contributed by atoms with van der Waals surface area (Å²) in [5.41, 5.74) is 1.02. The first-order valence-electron chi connectivity index (χ1n) is 6.33. The van der Waals surface area contributed by atoms with Gasteiger partial charge in [0.2, 0.25) is 5.91 Å². The molecule has 0 spiro atoms. The normalized spacial score (nSPS) is 19.0. The van der Waals surface area contributed by atoms with Gasteiger partial charge in [0, 0.05) is 38.0 Å². The van der Waals surface area contributed by atoms with Crippen LogP contribution in [-0.2, 0) is 4.79 Å². The second kappa shape index (κ2) is 5.69. The first kappa shape index (κ1) is 13.3. The lowest BCUT2D eigenvalue weighted by Crippen LogP contribution is -2.42. The van der Waals surface area contributed by atoms with Gasteiger partial charge in [-0.3, -0.25) is 14.9 Å². The molecule has 1 fully saturated rings. The molecule has 0 radical (unpaired) electrons. The number of nitrogens with one attached hydrogen (secondary N) is 1. The summed E-state index contributed by atoms with van der Waals surface area (Å²) in [6.45, 7) is 1.54. The van der Waals surface area contributed by atoms with E-state index < -0.39 is 4.92 Å². The van der Waals surface area contributed by atoms with Gasteiger partial charge < -0.3 is 10.2 Å². The predicted octanol–water partition coefficient (Wildman–Crippen LogP) is 1.56. The van der Waals surface area contributed by atoms with Gasteiger partial charge in [0.1, 0.15) is 0 Å². The molecule has 0 unspecified atom stereocenters. The van der Waals surface area contributed by atoms with Gasteiger partial charge >= 0.3 is 0 Å². The Kier molecular flexibility index (Phi) is 3.99. The zero-order valence-corrected chi connectivity index (χ0v) is 10.8. The highest BCUT2D eigenvalue weighted by atomic mass is 16.6. The van der Waals surface area contributed by atoms with E-state index in [2.05, 4.69) is 10.2 Å². The minimum atomic E-state index is -0.409. The van der Waals surface area contributed by atoms with Gasteiger partial charge in [-0.25, -0.2) is 0 Å². The van der Waals surface area contributed by atoms with Gasteiger partial charge in [0.05, 0.1) is 10.8 Å². The zero-order valence-electron chi connectivity index (χ0n) is 10.8. The molecule has 0 saturated carbocycles. The molecular weight excluding hydrogens is 246 g/mol. The van der Waals surface area contributed by atoms with Crippen molar-refractivity contribution in [1.29, 1.82) is 0 Å². The van der Waals surface area contributed by atoms with Crippen molar-refractivity contribution in [1.82, 2.24) is 5.32 Å². The van der Waals surface area contributed by atoms with Crippen LogP contribution in [0.25, 0.3) is 0 Å². The second-order valence-corrected chi connectivity index (χ2v) is 4.67. The number of nitrogens with zero attached hydrogens (tertiary/aromatic N) is 2. The molecule has 1 aliphatic rings. The van der Waals surface area contributed by atoms with Crippen LogP contribution in [0.2, 0.25) is 0 Å². The zero-order chi connectivity index (χ0) is 13.8. The largest absolute Gasteiger partial charge is 0.371 e. The van der Waals surface area contributed by atoms with Crippen LogP contribution >= 0.6 is 0 Å². The lowest BCUT2D eigenvalue weighted by Gasteiger charge is -2.33. The van der Waals surface area contributed by atoms with E-state index in [0.29, 0.717) is 6.54 Å². The average Bonchev–Trinajstić information content (AvgIpc) is 2.46. The molecule has 19 heavy (non-hydrogen) atoms. The highest BCUT2D eigenvalue weighted by molar-refractivity contribution is 5.79. The van der Waals surface area contributed by atoms with E-state index in [4.69, 9.17) is 0 Å². The van der Waals surface area contributed by atoms with E-state index in [-0.39, 0.29) is 17.5 Å². The third kappa shape index (κ3) is 3.01. The van der Waals surface area contributed by atoms with Crippen molar-refractivity contribution in [2.24, 2.45) is 5.92 Å². The number of hydrogen-bond donors (Lipinski definition) is 1. The van der Waals surface area contributed by atoms with E-state index in [1.165, 1.54) is 12.1 Å². The number of carbonyl (C=O) groups excluding carboxylic acids is 1. The molecule has 1 N–H and O–H groups in total. The number of benzene rings is 1. The molecule has 6 nitrogen and oxygen atoms in total. The Bertz CT molecular complexity index is 473. The van der Waals surface area contributed by atoms with Gasteiger partial charge in [0.25, 0.3) is 5.69 Å². The monoisotopic (exact) mass is 263 g/mol. The molecule has 102 valence electrons. The van der Waals surface area contributed by atoms with Crippen molar-refractivity contribution in [2.75, 3.05) is 25.0 Å². The molecule has 1 aliphatic heterocycles. The fourth-order valence-corrected chi connectivity index (χ4v) is 2.41. The molecule has 1 heterocycles. The predicted molar refractivity (Wildman–Crippen MR) is 72.1 cm³/mol. The second-order valence-electron chi connectivity index (χ2n) is 4.67. The molecule has 1 aromatic carbocycles. The number of carbonyl (C=O) groups is 1. The molecule has 1 amide bonds. The van der Waals surface area contributed by atoms with Crippen molar-refractivity contribution >= 4 is 17.3 Å². The van der Waals surface area contributed by atoms with Gasteiger partial charge in [-0.1, -0.05) is 0 Å². The molecule has 0 aliphatic carbocycles. The Labute approximate surface area is 111 Å². The number of anilines is 1. The van der Waals surface area contributed by atoms with Crippen molar-refractivity contribution in [3.63, 3.8) is 0 Å². The van der Waals surface area contributed by atoms with Crippen LogP contribution in [-0.4, -0.2) is 31.0 Å². The summed E-state index contributed by atoms with van der Waals surface area (Å²) < 4.78 is 0. The standard InChI is InChI=1S/C13H17N3O3/c1-14-13(17)10-3-2-8-15(9-10)11-4-6-12(7-5-11)16(18)19/h4-7,10H,2-3,8-9H2,1H3,(H,14,17)/t10-/m1/s1. The topological polar surface area (TPSA) is 75.5 Å². The number of nitro benzene ring substituents is 1. The van der Waals surface area contributed by atoms with E-state index in [1.54, 1.807) is 19.2 Å². The molecule has 0 aromatic heterocycles. The summed E-state index contributed by atoms with van der Waals surface area (Å²) in [5.74, 6) is 0.0561. The van der Waals surface area contributed by atoms with Crippen molar-refractivity contribution < 1.29 is 9.72 Å². The Hall–Kier alpha value is -2.11. The number of piperidine rings is 1. The fraction of sp³-hybridized carbons (Fsp3) is 0.462. The Balaban J connectivity index is 2.08. The highest BCUT2D eigenvalue weighted by Crippen LogP contribution is 2.25. The first-order valence-corrected chi connectivity index (χ1v) is 6.33. The summed E-state index contributed by atoms with van der Waals surface area (Å²) >= 11 is 0. The van der Waals surface area contributed by atoms with Crippen LogP contribution in [0.4, 0.5) is 11.4 Å². The number of amides is 1. The summed E-state index contributed by atoms with van der Waals surface area (Å²) in [5, 5.41) is 13.3. The lowest BCUT2D eigenvalue weighted by atomic mass is 9.96. The molecule has 2 rings (SSSR count). The average molecular weight is 263 g/mol. The third-order valence-corrected chi connectivity index (χ3v) is 3.46. The van der Waals surface area contributed by atoms with E-state index in [1.807, 2.05) is 0 Å². The molecule has 6 heteroatoms. The van der Waals surface area contributed by atoms with Crippen molar-refractivity contribution in [2.45, 2.75) is 12.8 Å². The van der Waals surface area contributed by atoms with Crippen LogP contribution in [0, 0.1) is 16.0 Å². The van der Waals surface area contributed by atoms with Gasteiger partial charge in [-0.2, -0.15) is 0 Å². The van der Waals surface area contributed by atoms with Crippen LogP contribution in [0.5, 0.6) is 0 Å². The van der Waals surface area contributed by atoms with Gasteiger partial charge in [-0.15, -0.1) is 0 Å². The molecule has 1 atom stereocenters. The Morgan fingerprint density at radius 2 is 2.11 bits per heavy atom. The summed E-state index contributed by atoms with van der Waals surface area (Å²) in [7, 11) is 1.65. The van der Waals surface area contributed by atoms with E-state index in [0.717, 1.165) is 25.1 Å². The fourth-order valence-electron chi connectivity index (χ4n) is 2.41. The lowest BCUT2D eigenvalue weighted by molar-refractivity contribution is -0.384. The van der Waals surface area contributed by atoms with Crippen LogP contribution in [0.1, 0.15) is 12.8 Å². The Morgan fingerprint density at radius 1 is 1.42 bits per heavy atom. The maximum atomic E-state index is 11.7. The summed E-state index contributed by atoms with van der Waals surface area (Å²) in [4.78, 5) is 24.0. The number of non-ortho nitro benzene ring substituents is 1. The number of nitro groups is 1. The summed E-state index contributed by atoms with van der Waals surface area (Å²) in [6, 6.07) is 6.48. The maximum absolute atomic E-state index is 11.7. The number of rotatable bonds is 3. The molecule has 0 bridgehead atoms.